The first kappa shape index (κ1) is 18.0. The topological polar surface area (TPSA) is 64.6 Å². The van der Waals surface area contributed by atoms with Crippen molar-refractivity contribution in [1.29, 1.82) is 0 Å². The smallest absolute Gasteiger partial charge is 0.331 e. The minimum Gasteiger partial charge on any atom is -0.497 e. The summed E-state index contributed by atoms with van der Waals surface area (Å²) in [5.74, 6) is 0.467. The summed E-state index contributed by atoms with van der Waals surface area (Å²) in [6.45, 7) is 1.91. The Bertz CT molecular complexity index is 580. The van der Waals surface area contributed by atoms with Crippen molar-refractivity contribution in [2.45, 2.75) is 38.6 Å². The normalized spacial score (nSPS) is 20.6. The third-order valence-electron chi connectivity index (χ3n) is 4.33. The monoisotopic (exact) mass is 331 g/mol. The van der Waals surface area contributed by atoms with Crippen molar-refractivity contribution in [3.8, 4) is 5.75 Å². The van der Waals surface area contributed by atoms with Crippen LogP contribution in [0.4, 0.5) is 0 Å². The molecule has 24 heavy (non-hydrogen) atoms. The molecule has 0 saturated heterocycles. The molecule has 5 nitrogen and oxygen atoms in total. The van der Waals surface area contributed by atoms with Crippen molar-refractivity contribution in [3.63, 3.8) is 0 Å². The maximum absolute atomic E-state index is 11.9. The maximum Gasteiger partial charge on any atom is 0.331 e. The molecule has 1 aromatic carbocycles. The van der Waals surface area contributed by atoms with E-state index >= 15 is 0 Å². The van der Waals surface area contributed by atoms with Gasteiger partial charge in [-0.2, -0.15) is 0 Å². The minimum absolute atomic E-state index is 0.194. The summed E-state index contributed by atoms with van der Waals surface area (Å²) >= 11 is 0. The molecule has 0 aromatic heterocycles. The second kappa shape index (κ2) is 9.11. The number of rotatable bonds is 6. The lowest BCUT2D eigenvalue weighted by Gasteiger charge is -2.29. The molecule has 2 atom stereocenters. The van der Waals surface area contributed by atoms with E-state index in [1.807, 2.05) is 24.3 Å². The molecule has 1 saturated carbocycles. The molecule has 0 unspecified atom stereocenters. The average Bonchev–Trinajstić information content (AvgIpc) is 2.60. The van der Waals surface area contributed by atoms with Crippen LogP contribution in [0.2, 0.25) is 0 Å². The molecule has 1 fully saturated rings. The van der Waals surface area contributed by atoms with E-state index in [9.17, 15) is 9.59 Å². The van der Waals surface area contributed by atoms with Gasteiger partial charge in [0.2, 0.25) is 0 Å². The largest absolute Gasteiger partial charge is 0.497 e. The Morgan fingerprint density at radius 3 is 2.58 bits per heavy atom. The van der Waals surface area contributed by atoms with Crippen LogP contribution in [-0.2, 0) is 14.3 Å². The molecule has 0 spiro atoms. The molecule has 5 heteroatoms. The van der Waals surface area contributed by atoms with Gasteiger partial charge in [-0.3, -0.25) is 4.79 Å². The van der Waals surface area contributed by atoms with E-state index in [0.717, 1.165) is 30.6 Å². The molecule has 1 N–H and O–H groups in total. The lowest BCUT2D eigenvalue weighted by atomic mass is 9.86. The number of esters is 1. The maximum atomic E-state index is 11.9. The van der Waals surface area contributed by atoms with Gasteiger partial charge in [0.05, 0.1) is 7.11 Å². The van der Waals surface area contributed by atoms with Gasteiger partial charge in [0, 0.05) is 12.1 Å². The SMILES string of the molecule is COc1ccc(/C=C/C(=O)OCC(=O)N[C@@H]2CCCC[C@H]2C)cc1. The highest BCUT2D eigenvalue weighted by molar-refractivity contribution is 5.89. The number of hydrogen-bond acceptors (Lipinski definition) is 4. The summed E-state index contributed by atoms with van der Waals surface area (Å²) in [5, 5.41) is 2.96. The van der Waals surface area contributed by atoms with Gasteiger partial charge < -0.3 is 14.8 Å². The summed E-state index contributed by atoms with van der Waals surface area (Å²) in [5.41, 5.74) is 0.855. The van der Waals surface area contributed by atoms with Crippen LogP contribution in [0.1, 0.15) is 38.2 Å². The molecule has 2 rings (SSSR count). The zero-order valence-corrected chi connectivity index (χ0v) is 14.3. The molecule has 1 aliphatic carbocycles. The fourth-order valence-electron chi connectivity index (χ4n) is 2.84. The van der Waals surface area contributed by atoms with E-state index in [-0.39, 0.29) is 18.6 Å². The van der Waals surface area contributed by atoms with E-state index < -0.39 is 5.97 Å². The summed E-state index contributed by atoms with van der Waals surface area (Å²) in [6, 6.07) is 7.48. The average molecular weight is 331 g/mol. The highest BCUT2D eigenvalue weighted by atomic mass is 16.5. The third-order valence-corrected chi connectivity index (χ3v) is 4.33. The summed E-state index contributed by atoms with van der Waals surface area (Å²) < 4.78 is 10.1. The van der Waals surface area contributed by atoms with Gasteiger partial charge in [-0.05, 0) is 42.5 Å². The fourth-order valence-corrected chi connectivity index (χ4v) is 2.84. The summed E-state index contributed by atoms with van der Waals surface area (Å²) in [6.07, 6.45) is 7.45. The Kier molecular flexibility index (Phi) is 6.85. The molecule has 0 heterocycles. The summed E-state index contributed by atoms with van der Waals surface area (Å²) in [4.78, 5) is 23.6. The molecular formula is C19H25NO4. The van der Waals surface area contributed by atoms with Crippen molar-refractivity contribution in [1.82, 2.24) is 5.32 Å². The fraction of sp³-hybridized carbons (Fsp3) is 0.474. The van der Waals surface area contributed by atoms with Crippen LogP contribution in [0.3, 0.4) is 0 Å². The van der Waals surface area contributed by atoms with Gasteiger partial charge in [0.25, 0.3) is 5.91 Å². The standard InChI is InChI=1S/C19H25NO4/c1-14-5-3-4-6-17(14)20-18(21)13-24-19(22)12-9-15-7-10-16(23-2)11-8-15/h7-12,14,17H,3-6,13H2,1-2H3,(H,20,21)/b12-9+/t14-,17-/m1/s1. The van der Waals surface area contributed by atoms with E-state index in [2.05, 4.69) is 12.2 Å². The number of carbonyl (C=O) groups excluding carboxylic acids is 2. The number of benzene rings is 1. The number of carbonyl (C=O) groups is 2. The van der Waals surface area contributed by atoms with Crippen LogP contribution >= 0.6 is 0 Å². The molecule has 130 valence electrons. The Labute approximate surface area is 143 Å². The van der Waals surface area contributed by atoms with Crippen molar-refractivity contribution in [3.05, 3.63) is 35.9 Å². The first-order valence-corrected chi connectivity index (χ1v) is 8.36. The molecule has 0 bridgehead atoms. The van der Waals surface area contributed by atoms with Crippen LogP contribution in [0.5, 0.6) is 5.75 Å². The molecule has 0 radical (unpaired) electrons. The van der Waals surface area contributed by atoms with Gasteiger partial charge in [-0.25, -0.2) is 4.79 Å². The third kappa shape index (κ3) is 5.72. The van der Waals surface area contributed by atoms with Crippen molar-refractivity contribution >= 4 is 18.0 Å². The first-order chi connectivity index (χ1) is 11.6. The van der Waals surface area contributed by atoms with Gasteiger partial charge >= 0.3 is 5.97 Å². The molecule has 0 aliphatic heterocycles. The zero-order chi connectivity index (χ0) is 17.4. The van der Waals surface area contributed by atoms with Crippen molar-refractivity contribution < 1.29 is 19.1 Å². The van der Waals surface area contributed by atoms with E-state index in [1.54, 1.807) is 13.2 Å². The number of hydrogen-bond donors (Lipinski definition) is 1. The first-order valence-electron chi connectivity index (χ1n) is 8.36. The number of amides is 1. The lowest BCUT2D eigenvalue weighted by Crippen LogP contribution is -2.42. The van der Waals surface area contributed by atoms with Crippen LogP contribution in [-0.4, -0.2) is 31.6 Å². The van der Waals surface area contributed by atoms with Crippen LogP contribution in [0.15, 0.2) is 30.3 Å². The predicted octanol–water partition coefficient (Wildman–Crippen LogP) is 2.95. The van der Waals surface area contributed by atoms with Gasteiger partial charge in [-0.15, -0.1) is 0 Å². The molecular weight excluding hydrogens is 306 g/mol. The second-order valence-electron chi connectivity index (χ2n) is 6.15. The van der Waals surface area contributed by atoms with E-state index in [0.29, 0.717) is 5.92 Å². The van der Waals surface area contributed by atoms with Gasteiger partial charge in [0.15, 0.2) is 6.61 Å². The molecule has 1 aliphatic rings. The zero-order valence-electron chi connectivity index (χ0n) is 14.3. The van der Waals surface area contributed by atoms with Crippen LogP contribution in [0, 0.1) is 5.92 Å². The van der Waals surface area contributed by atoms with E-state index in [4.69, 9.17) is 9.47 Å². The van der Waals surface area contributed by atoms with Crippen LogP contribution in [0.25, 0.3) is 6.08 Å². The molecule has 1 aromatic rings. The summed E-state index contributed by atoms with van der Waals surface area (Å²) in [7, 11) is 1.60. The van der Waals surface area contributed by atoms with Crippen molar-refractivity contribution in [2.24, 2.45) is 5.92 Å². The van der Waals surface area contributed by atoms with Crippen molar-refractivity contribution in [2.75, 3.05) is 13.7 Å². The highest BCUT2D eigenvalue weighted by Crippen LogP contribution is 2.23. The number of ether oxygens (including phenoxy) is 2. The van der Waals surface area contributed by atoms with Crippen LogP contribution < -0.4 is 10.1 Å². The highest BCUT2D eigenvalue weighted by Gasteiger charge is 2.22. The lowest BCUT2D eigenvalue weighted by molar-refractivity contribution is -0.144. The Balaban J connectivity index is 1.73. The van der Waals surface area contributed by atoms with Gasteiger partial charge in [0.1, 0.15) is 5.75 Å². The number of nitrogens with one attached hydrogen (secondary N) is 1. The van der Waals surface area contributed by atoms with Gasteiger partial charge in [-0.1, -0.05) is 31.9 Å². The predicted molar refractivity (Wildman–Crippen MR) is 92.5 cm³/mol. The van der Waals surface area contributed by atoms with E-state index in [1.165, 1.54) is 12.5 Å². The Morgan fingerprint density at radius 1 is 1.21 bits per heavy atom. The molecule has 1 amide bonds. The second-order valence-corrected chi connectivity index (χ2v) is 6.15. The Morgan fingerprint density at radius 2 is 1.92 bits per heavy atom. The minimum atomic E-state index is -0.530. The Hall–Kier alpha value is -2.30. The number of methoxy groups -OCH3 is 1. The quantitative estimate of drug-likeness (QED) is 0.643.